The number of benzene rings is 1. The maximum absolute atomic E-state index is 13.6. The molecule has 0 aliphatic heterocycles. The van der Waals surface area contributed by atoms with Crippen LogP contribution in [-0.4, -0.2) is 33.6 Å². The molecular weight excluding hydrogens is 464 g/mol. The summed E-state index contributed by atoms with van der Waals surface area (Å²) >= 11 is 1.31. The molecule has 35 heavy (non-hydrogen) atoms. The maximum Gasteiger partial charge on any atom is 0.247 e. The normalized spacial score (nSPS) is 14.4. The summed E-state index contributed by atoms with van der Waals surface area (Å²) in [5.41, 5.74) is 1.78. The monoisotopic (exact) mass is 494 g/mol. The molecule has 2 heterocycles. The number of anilines is 1. The Morgan fingerprint density at radius 1 is 1.14 bits per heavy atom. The van der Waals surface area contributed by atoms with Gasteiger partial charge in [-0.1, -0.05) is 42.7 Å². The summed E-state index contributed by atoms with van der Waals surface area (Å²) in [6.07, 6.45) is 7.14. The highest BCUT2D eigenvalue weighted by molar-refractivity contribution is 7.13. The predicted octanol–water partition coefficient (Wildman–Crippen LogP) is 4.59. The van der Waals surface area contributed by atoms with Gasteiger partial charge in [-0.05, 0) is 37.5 Å². The number of thiazole rings is 1. The van der Waals surface area contributed by atoms with Crippen molar-refractivity contribution in [2.45, 2.75) is 64.1 Å². The van der Waals surface area contributed by atoms with E-state index >= 15 is 0 Å². The van der Waals surface area contributed by atoms with Crippen LogP contribution in [0.1, 0.15) is 61.5 Å². The van der Waals surface area contributed by atoms with E-state index in [0.29, 0.717) is 10.9 Å². The van der Waals surface area contributed by atoms with E-state index in [1.54, 1.807) is 30.0 Å². The van der Waals surface area contributed by atoms with Crippen molar-refractivity contribution < 1.29 is 18.8 Å². The highest BCUT2D eigenvalue weighted by Gasteiger charge is 2.33. The Kier molecular flexibility index (Phi) is 8.31. The first-order valence-corrected chi connectivity index (χ1v) is 12.8. The number of rotatable bonds is 10. The zero-order chi connectivity index (χ0) is 24.6. The average Bonchev–Trinajstić information content (AvgIpc) is 3.63. The van der Waals surface area contributed by atoms with Gasteiger partial charge in [0.1, 0.15) is 11.8 Å². The number of amides is 3. The summed E-state index contributed by atoms with van der Waals surface area (Å²) in [5.74, 6) is -0.249. The number of hydrogen-bond donors (Lipinski definition) is 2. The van der Waals surface area contributed by atoms with Crippen molar-refractivity contribution >= 4 is 34.2 Å². The third kappa shape index (κ3) is 6.79. The fourth-order valence-corrected chi connectivity index (χ4v) is 4.84. The molecule has 0 unspecified atom stereocenters. The van der Waals surface area contributed by atoms with Crippen LogP contribution in [0.3, 0.4) is 0 Å². The van der Waals surface area contributed by atoms with Crippen LogP contribution >= 0.6 is 11.3 Å². The van der Waals surface area contributed by atoms with Crippen LogP contribution in [0.25, 0.3) is 0 Å². The second kappa shape index (κ2) is 11.8. The molecule has 1 fully saturated rings. The molecule has 1 aliphatic carbocycles. The molecule has 0 radical (unpaired) electrons. The van der Waals surface area contributed by atoms with E-state index in [-0.39, 0.29) is 43.1 Å². The lowest BCUT2D eigenvalue weighted by atomic mass is 10.0. The Balaban J connectivity index is 1.56. The van der Waals surface area contributed by atoms with Crippen LogP contribution < -0.4 is 10.6 Å². The highest BCUT2D eigenvalue weighted by atomic mass is 32.1. The number of furan rings is 1. The number of nitrogens with one attached hydrogen (secondary N) is 2. The van der Waals surface area contributed by atoms with Gasteiger partial charge in [-0.2, -0.15) is 0 Å². The first-order valence-electron chi connectivity index (χ1n) is 11.9. The lowest BCUT2D eigenvalue weighted by Crippen LogP contribution is -2.46. The predicted molar refractivity (Wildman–Crippen MR) is 134 cm³/mol. The van der Waals surface area contributed by atoms with E-state index in [0.717, 1.165) is 36.8 Å². The molecule has 0 bridgehead atoms. The lowest BCUT2D eigenvalue weighted by molar-refractivity contribution is -0.142. The summed E-state index contributed by atoms with van der Waals surface area (Å²) in [7, 11) is 0. The molecule has 1 aliphatic rings. The van der Waals surface area contributed by atoms with Gasteiger partial charge in [-0.3, -0.25) is 14.4 Å². The molecule has 184 valence electrons. The molecule has 0 saturated heterocycles. The third-order valence-electron chi connectivity index (χ3n) is 6.13. The average molecular weight is 495 g/mol. The van der Waals surface area contributed by atoms with Crippen molar-refractivity contribution in [2.24, 2.45) is 0 Å². The Labute approximate surface area is 208 Å². The molecule has 1 saturated carbocycles. The summed E-state index contributed by atoms with van der Waals surface area (Å²) in [6, 6.07) is 10.4. The number of hydrogen-bond acceptors (Lipinski definition) is 6. The standard InChI is InChI=1S/C26H30N4O4S/c1-18-8-10-19(11-9-18)24(25(33)28-20-5-2-3-6-20)30(17-21-7-4-15-34-21)23(32)13-12-22(31)29-26-27-14-16-35-26/h4,7-11,14-16,20,24H,2-3,5-6,12-13,17H2,1H3,(H,28,33)(H,27,29,31)/t24-/m1/s1. The molecule has 3 aromatic rings. The fourth-order valence-electron chi connectivity index (χ4n) is 4.30. The molecule has 1 atom stereocenters. The van der Waals surface area contributed by atoms with Crippen LogP contribution in [-0.2, 0) is 20.9 Å². The van der Waals surface area contributed by atoms with E-state index in [1.165, 1.54) is 16.2 Å². The maximum atomic E-state index is 13.6. The van der Waals surface area contributed by atoms with Crippen LogP contribution in [0.4, 0.5) is 5.13 Å². The zero-order valence-electron chi connectivity index (χ0n) is 19.7. The van der Waals surface area contributed by atoms with Gasteiger partial charge in [0.05, 0.1) is 12.8 Å². The van der Waals surface area contributed by atoms with Gasteiger partial charge in [0.15, 0.2) is 5.13 Å². The van der Waals surface area contributed by atoms with Crippen molar-refractivity contribution in [3.05, 3.63) is 71.1 Å². The van der Waals surface area contributed by atoms with E-state index in [4.69, 9.17) is 4.42 Å². The van der Waals surface area contributed by atoms with Gasteiger partial charge >= 0.3 is 0 Å². The smallest absolute Gasteiger partial charge is 0.247 e. The highest BCUT2D eigenvalue weighted by Crippen LogP contribution is 2.27. The molecule has 1 aromatic carbocycles. The summed E-state index contributed by atoms with van der Waals surface area (Å²) in [6.45, 7) is 2.10. The van der Waals surface area contributed by atoms with Gasteiger partial charge in [0.2, 0.25) is 17.7 Å². The zero-order valence-corrected chi connectivity index (χ0v) is 20.6. The summed E-state index contributed by atoms with van der Waals surface area (Å²) < 4.78 is 5.52. The molecule has 9 heteroatoms. The first kappa shape index (κ1) is 24.7. The van der Waals surface area contributed by atoms with Gasteiger partial charge in [0, 0.05) is 30.5 Å². The molecule has 4 rings (SSSR count). The van der Waals surface area contributed by atoms with E-state index in [2.05, 4.69) is 15.6 Å². The van der Waals surface area contributed by atoms with Gasteiger partial charge in [-0.25, -0.2) is 4.98 Å². The van der Waals surface area contributed by atoms with Crippen molar-refractivity contribution in [1.82, 2.24) is 15.2 Å². The largest absolute Gasteiger partial charge is 0.467 e. The van der Waals surface area contributed by atoms with Gasteiger partial charge in [-0.15, -0.1) is 11.3 Å². The molecule has 0 spiro atoms. The SMILES string of the molecule is Cc1ccc([C@H](C(=O)NC2CCCC2)N(Cc2ccco2)C(=O)CCC(=O)Nc2nccs2)cc1. The number of carbonyl (C=O) groups is 3. The number of aryl methyl sites for hydroxylation is 1. The molecular formula is C26H30N4O4S. The number of nitrogens with zero attached hydrogens (tertiary/aromatic N) is 2. The lowest BCUT2D eigenvalue weighted by Gasteiger charge is -2.32. The number of aromatic nitrogens is 1. The van der Waals surface area contributed by atoms with Crippen molar-refractivity contribution in [2.75, 3.05) is 5.32 Å². The third-order valence-corrected chi connectivity index (χ3v) is 6.81. The Bertz CT molecular complexity index is 1110. The van der Waals surface area contributed by atoms with Crippen molar-refractivity contribution in [3.63, 3.8) is 0 Å². The number of carbonyl (C=O) groups excluding carboxylic acids is 3. The van der Waals surface area contributed by atoms with Gasteiger partial charge in [0.25, 0.3) is 0 Å². The quantitative estimate of drug-likeness (QED) is 0.429. The van der Waals surface area contributed by atoms with Gasteiger partial charge < -0.3 is 20.0 Å². The van der Waals surface area contributed by atoms with E-state index in [9.17, 15) is 14.4 Å². The van der Waals surface area contributed by atoms with Crippen molar-refractivity contribution in [1.29, 1.82) is 0 Å². The Hall–Kier alpha value is -3.46. The van der Waals surface area contributed by atoms with Crippen LogP contribution in [0.15, 0.2) is 58.7 Å². The minimum absolute atomic E-state index is 0.0159. The Morgan fingerprint density at radius 3 is 2.57 bits per heavy atom. The summed E-state index contributed by atoms with van der Waals surface area (Å²) in [4.78, 5) is 45.0. The molecule has 3 amide bonds. The van der Waals surface area contributed by atoms with E-state index in [1.807, 2.05) is 31.2 Å². The summed E-state index contributed by atoms with van der Waals surface area (Å²) in [5, 5.41) is 8.11. The topological polar surface area (TPSA) is 105 Å². The molecule has 2 N–H and O–H groups in total. The minimum Gasteiger partial charge on any atom is -0.467 e. The second-order valence-electron chi connectivity index (χ2n) is 8.79. The van der Waals surface area contributed by atoms with Crippen LogP contribution in [0.5, 0.6) is 0 Å². The minimum atomic E-state index is -0.837. The second-order valence-corrected chi connectivity index (χ2v) is 9.68. The first-order chi connectivity index (χ1) is 17.0. The van der Waals surface area contributed by atoms with Crippen LogP contribution in [0, 0.1) is 6.92 Å². The molecule has 2 aromatic heterocycles. The van der Waals surface area contributed by atoms with Crippen molar-refractivity contribution in [3.8, 4) is 0 Å². The molecule has 8 nitrogen and oxygen atoms in total. The van der Waals surface area contributed by atoms with Crippen LogP contribution in [0.2, 0.25) is 0 Å². The Morgan fingerprint density at radius 2 is 1.91 bits per heavy atom. The fraction of sp³-hybridized carbons (Fsp3) is 0.385. The van der Waals surface area contributed by atoms with E-state index < -0.39 is 6.04 Å².